The van der Waals surface area contributed by atoms with Crippen LogP contribution in [0.5, 0.6) is 0 Å². The van der Waals surface area contributed by atoms with Gasteiger partial charge in [0.25, 0.3) is 0 Å². The minimum Gasteiger partial charge on any atom is -0.462 e. The van der Waals surface area contributed by atoms with E-state index in [-0.39, 0.29) is 18.1 Å². The summed E-state index contributed by atoms with van der Waals surface area (Å²) in [5.41, 5.74) is 2.01. The second-order valence-electron chi connectivity index (χ2n) is 5.39. The van der Waals surface area contributed by atoms with E-state index >= 15 is 0 Å². The molecular formula is C21H17ClN2O3. The van der Waals surface area contributed by atoms with Crippen LogP contribution in [0.25, 0.3) is 12.2 Å². The van der Waals surface area contributed by atoms with Crippen LogP contribution >= 0.6 is 11.6 Å². The summed E-state index contributed by atoms with van der Waals surface area (Å²) >= 11 is 5.82. The summed E-state index contributed by atoms with van der Waals surface area (Å²) in [5, 5.41) is 12.4. The normalized spacial score (nSPS) is 11.1. The Morgan fingerprint density at radius 1 is 1.11 bits per heavy atom. The van der Waals surface area contributed by atoms with Crippen molar-refractivity contribution in [3.8, 4) is 6.07 Å². The Balaban J connectivity index is 2.00. The first-order chi connectivity index (χ1) is 13.0. The third kappa shape index (κ3) is 6.46. The number of carbonyl (C=O) groups is 2. The summed E-state index contributed by atoms with van der Waals surface area (Å²) < 4.78 is 4.81. The highest BCUT2D eigenvalue weighted by molar-refractivity contribution is 6.30. The average Bonchev–Trinajstić information content (AvgIpc) is 2.67. The van der Waals surface area contributed by atoms with E-state index in [1.54, 1.807) is 49.4 Å². The number of benzene rings is 2. The lowest BCUT2D eigenvalue weighted by atomic mass is 10.1. The van der Waals surface area contributed by atoms with Crippen molar-refractivity contribution in [2.75, 3.05) is 11.9 Å². The Morgan fingerprint density at radius 3 is 2.33 bits per heavy atom. The molecule has 1 amide bonds. The highest BCUT2D eigenvalue weighted by Crippen LogP contribution is 2.14. The van der Waals surface area contributed by atoms with Crippen LogP contribution < -0.4 is 5.32 Å². The molecule has 1 N–H and O–H groups in total. The molecule has 0 heterocycles. The second kappa shape index (κ2) is 9.95. The summed E-state index contributed by atoms with van der Waals surface area (Å²) in [5.74, 6) is -0.942. The third-order valence-corrected chi connectivity index (χ3v) is 3.65. The predicted molar refractivity (Wildman–Crippen MR) is 106 cm³/mol. The summed E-state index contributed by atoms with van der Waals surface area (Å²) in [6.07, 6.45) is 4.54. The molecule has 2 rings (SSSR count). The van der Waals surface area contributed by atoms with Gasteiger partial charge < -0.3 is 10.1 Å². The number of nitrogens with zero attached hydrogens (tertiary/aromatic N) is 1. The maximum atomic E-state index is 12.0. The van der Waals surface area contributed by atoms with Gasteiger partial charge in [-0.3, -0.25) is 4.79 Å². The van der Waals surface area contributed by atoms with E-state index in [1.807, 2.05) is 18.2 Å². The molecule has 0 saturated heterocycles. The molecule has 0 bridgehead atoms. The number of nitriles is 1. The van der Waals surface area contributed by atoms with Gasteiger partial charge in [-0.15, -0.1) is 0 Å². The Kier molecular flexibility index (Phi) is 7.36. The van der Waals surface area contributed by atoms with Gasteiger partial charge in [-0.05, 0) is 54.5 Å². The summed E-state index contributed by atoms with van der Waals surface area (Å²) in [7, 11) is 0. The van der Waals surface area contributed by atoms with Gasteiger partial charge in [-0.25, -0.2) is 4.79 Å². The van der Waals surface area contributed by atoms with E-state index in [2.05, 4.69) is 5.32 Å². The van der Waals surface area contributed by atoms with Gasteiger partial charge in [0.05, 0.1) is 6.61 Å². The lowest BCUT2D eigenvalue weighted by Gasteiger charge is -2.03. The fourth-order valence-electron chi connectivity index (χ4n) is 2.10. The second-order valence-corrected chi connectivity index (χ2v) is 5.82. The van der Waals surface area contributed by atoms with Crippen molar-refractivity contribution >= 4 is 41.3 Å². The predicted octanol–water partition coefficient (Wildman–Crippen LogP) is 4.46. The van der Waals surface area contributed by atoms with Crippen molar-refractivity contribution in [2.45, 2.75) is 6.92 Å². The van der Waals surface area contributed by atoms with Gasteiger partial charge in [0.15, 0.2) is 0 Å². The van der Waals surface area contributed by atoms with E-state index in [1.165, 1.54) is 12.2 Å². The molecule has 0 saturated carbocycles. The van der Waals surface area contributed by atoms with Crippen LogP contribution in [0, 0.1) is 11.3 Å². The van der Waals surface area contributed by atoms with Gasteiger partial charge in [0.2, 0.25) is 5.91 Å². The molecule has 0 unspecified atom stereocenters. The number of hydrogen-bond donors (Lipinski definition) is 1. The number of ether oxygens (including phenoxy) is 1. The number of carbonyl (C=O) groups excluding carboxylic acids is 2. The van der Waals surface area contributed by atoms with Crippen LogP contribution in [-0.4, -0.2) is 18.5 Å². The first-order valence-corrected chi connectivity index (χ1v) is 8.53. The highest BCUT2D eigenvalue weighted by atomic mass is 35.5. The quantitative estimate of drug-likeness (QED) is 0.455. The maximum absolute atomic E-state index is 12.0. The molecule has 6 heteroatoms. The van der Waals surface area contributed by atoms with Crippen LogP contribution in [0.1, 0.15) is 18.1 Å². The zero-order valence-corrected chi connectivity index (χ0v) is 15.4. The molecule has 136 valence electrons. The summed E-state index contributed by atoms with van der Waals surface area (Å²) in [6.45, 7) is 1.87. The van der Waals surface area contributed by atoms with Gasteiger partial charge >= 0.3 is 5.97 Å². The van der Waals surface area contributed by atoms with E-state index in [0.29, 0.717) is 16.3 Å². The van der Waals surface area contributed by atoms with Crippen molar-refractivity contribution in [1.82, 2.24) is 0 Å². The zero-order chi connectivity index (χ0) is 19.6. The van der Waals surface area contributed by atoms with Crippen molar-refractivity contribution < 1.29 is 14.3 Å². The molecular weight excluding hydrogens is 364 g/mol. The summed E-state index contributed by atoms with van der Waals surface area (Å²) in [4.78, 5) is 23.6. The minimum atomic E-state index is -0.662. The number of hydrogen-bond acceptors (Lipinski definition) is 4. The minimum absolute atomic E-state index is 0.0838. The van der Waals surface area contributed by atoms with Crippen molar-refractivity contribution in [2.24, 2.45) is 0 Å². The number of rotatable bonds is 6. The zero-order valence-electron chi connectivity index (χ0n) is 14.6. The molecule has 27 heavy (non-hydrogen) atoms. The van der Waals surface area contributed by atoms with E-state index in [9.17, 15) is 9.59 Å². The van der Waals surface area contributed by atoms with Crippen LogP contribution in [0.2, 0.25) is 5.02 Å². The molecule has 0 aliphatic carbocycles. The Bertz CT molecular complexity index is 908. The smallest absolute Gasteiger partial charge is 0.348 e. The van der Waals surface area contributed by atoms with Crippen LogP contribution in [-0.2, 0) is 14.3 Å². The molecule has 2 aromatic carbocycles. The van der Waals surface area contributed by atoms with Gasteiger partial charge in [0.1, 0.15) is 11.6 Å². The first kappa shape index (κ1) is 20.0. The number of amides is 1. The van der Waals surface area contributed by atoms with E-state index < -0.39 is 5.97 Å². The molecule has 0 atom stereocenters. The fourth-order valence-corrected chi connectivity index (χ4v) is 2.23. The SMILES string of the molecule is CCOC(=O)/C(C#N)=C\c1ccc(NC(=O)/C=C/c2ccc(Cl)cc2)cc1. The molecule has 0 spiro atoms. The van der Waals surface area contributed by atoms with Crippen molar-refractivity contribution in [3.63, 3.8) is 0 Å². The lowest BCUT2D eigenvalue weighted by molar-refractivity contribution is -0.137. The largest absolute Gasteiger partial charge is 0.462 e. The summed E-state index contributed by atoms with van der Waals surface area (Å²) in [6, 6.07) is 15.7. The van der Waals surface area contributed by atoms with E-state index in [4.69, 9.17) is 21.6 Å². The van der Waals surface area contributed by atoms with Crippen LogP contribution in [0.4, 0.5) is 5.69 Å². The number of nitrogens with one attached hydrogen (secondary N) is 1. The molecule has 0 aliphatic rings. The number of halogens is 1. The standard InChI is InChI=1S/C21H17ClN2O3/c1-2-27-21(26)17(14-23)13-16-5-10-19(11-6-16)24-20(25)12-7-15-3-8-18(22)9-4-15/h3-13H,2H2,1H3,(H,24,25)/b12-7+,17-13-. The van der Waals surface area contributed by atoms with Crippen LogP contribution in [0.3, 0.4) is 0 Å². The lowest BCUT2D eigenvalue weighted by Crippen LogP contribution is -2.07. The van der Waals surface area contributed by atoms with Gasteiger partial charge in [0, 0.05) is 16.8 Å². The van der Waals surface area contributed by atoms with Crippen LogP contribution in [0.15, 0.2) is 60.2 Å². The molecule has 5 nitrogen and oxygen atoms in total. The number of anilines is 1. The Morgan fingerprint density at radius 2 is 1.74 bits per heavy atom. The molecule has 0 aromatic heterocycles. The monoisotopic (exact) mass is 380 g/mol. The van der Waals surface area contributed by atoms with Gasteiger partial charge in [-0.2, -0.15) is 5.26 Å². The first-order valence-electron chi connectivity index (χ1n) is 8.15. The third-order valence-electron chi connectivity index (χ3n) is 3.40. The molecule has 0 aliphatic heterocycles. The topological polar surface area (TPSA) is 79.2 Å². The fraction of sp³-hybridized carbons (Fsp3) is 0.0952. The van der Waals surface area contributed by atoms with Crippen molar-refractivity contribution in [3.05, 3.63) is 76.3 Å². The van der Waals surface area contributed by atoms with E-state index in [0.717, 1.165) is 5.56 Å². The Labute approximate surface area is 162 Å². The molecule has 2 aromatic rings. The van der Waals surface area contributed by atoms with Crippen molar-refractivity contribution in [1.29, 1.82) is 5.26 Å². The Hall–Kier alpha value is -3.36. The van der Waals surface area contributed by atoms with Gasteiger partial charge in [-0.1, -0.05) is 35.9 Å². The molecule has 0 radical (unpaired) electrons. The highest BCUT2D eigenvalue weighted by Gasteiger charge is 2.09. The molecule has 0 fully saturated rings. The average molecular weight is 381 g/mol. The number of esters is 1. The maximum Gasteiger partial charge on any atom is 0.348 e.